The zero-order chi connectivity index (χ0) is 13.9. The highest BCUT2D eigenvalue weighted by Crippen LogP contribution is 2.16. The van der Waals surface area contributed by atoms with Gasteiger partial charge in [-0.15, -0.1) is 0 Å². The molecule has 2 heterocycles. The van der Waals surface area contributed by atoms with Crippen LogP contribution in [0.5, 0.6) is 0 Å². The van der Waals surface area contributed by atoms with Crippen LogP contribution in [0.1, 0.15) is 29.4 Å². The summed E-state index contributed by atoms with van der Waals surface area (Å²) in [5, 5.41) is 9.35. The molecule has 98 valence electrons. The van der Waals surface area contributed by atoms with Crippen molar-refractivity contribution >= 4 is 5.65 Å². The summed E-state index contributed by atoms with van der Waals surface area (Å²) >= 11 is 0. The van der Waals surface area contributed by atoms with Crippen molar-refractivity contribution in [2.45, 2.75) is 19.8 Å². The predicted molar refractivity (Wildman–Crippen MR) is 78.5 cm³/mol. The van der Waals surface area contributed by atoms with E-state index < -0.39 is 0 Å². The molecule has 0 unspecified atom stereocenters. The van der Waals surface area contributed by atoms with Gasteiger partial charge in [0, 0.05) is 12.6 Å². The van der Waals surface area contributed by atoms with Crippen molar-refractivity contribution in [3.05, 3.63) is 71.2 Å². The first kappa shape index (κ1) is 12.4. The first-order valence-corrected chi connectivity index (χ1v) is 6.75. The molecule has 0 saturated carbocycles. The number of nitrogens with zero attached hydrogens (tertiary/aromatic N) is 3. The fourth-order valence-corrected chi connectivity index (χ4v) is 2.37. The molecule has 0 aliphatic rings. The minimum atomic E-state index is 0.625. The number of benzene rings is 1. The molecular weight excluding hydrogens is 246 g/mol. The fraction of sp³-hybridized carbons (Fsp3) is 0.176. The van der Waals surface area contributed by atoms with Gasteiger partial charge in [0.2, 0.25) is 0 Å². The molecule has 0 atom stereocenters. The standard InChI is InChI=1S/C17H15N3/c1-2-13-6-8-14(9-7-13)11-15-16(12-18)20-10-4-3-5-17(20)19-15/h3-10H,2,11H2,1H3. The van der Waals surface area contributed by atoms with Gasteiger partial charge in [0.15, 0.2) is 0 Å². The minimum Gasteiger partial charge on any atom is -0.291 e. The van der Waals surface area contributed by atoms with Gasteiger partial charge in [-0.1, -0.05) is 37.3 Å². The Morgan fingerprint density at radius 2 is 1.85 bits per heavy atom. The van der Waals surface area contributed by atoms with Crippen LogP contribution in [0.15, 0.2) is 48.7 Å². The number of rotatable bonds is 3. The van der Waals surface area contributed by atoms with E-state index in [0.29, 0.717) is 12.1 Å². The summed E-state index contributed by atoms with van der Waals surface area (Å²) in [6.45, 7) is 2.14. The maximum atomic E-state index is 9.35. The van der Waals surface area contributed by atoms with Gasteiger partial charge < -0.3 is 0 Å². The summed E-state index contributed by atoms with van der Waals surface area (Å²) in [6.07, 6.45) is 3.61. The average Bonchev–Trinajstić information content (AvgIpc) is 2.85. The number of pyridine rings is 1. The van der Waals surface area contributed by atoms with Crippen molar-refractivity contribution in [1.29, 1.82) is 5.26 Å². The van der Waals surface area contributed by atoms with Crippen molar-refractivity contribution in [1.82, 2.24) is 9.38 Å². The topological polar surface area (TPSA) is 41.1 Å². The van der Waals surface area contributed by atoms with Crippen molar-refractivity contribution in [3.8, 4) is 6.07 Å². The second-order valence-corrected chi connectivity index (χ2v) is 4.79. The Kier molecular flexibility index (Phi) is 3.22. The van der Waals surface area contributed by atoms with E-state index in [2.05, 4.69) is 42.2 Å². The van der Waals surface area contributed by atoms with Gasteiger partial charge in [-0.05, 0) is 29.7 Å². The fourth-order valence-electron chi connectivity index (χ4n) is 2.37. The van der Waals surface area contributed by atoms with Gasteiger partial charge in [-0.2, -0.15) is 5.26 Å². The van der Waals surface area contributed by atoms with Crippen molar-refractivity contribution in [2.75, 3.05) is 0 Å². The maximum Gasteiger partial charge on any atom is 0.148 e. The van der Waals surface area contributed by atoms with Crippen LogP contribution in [-0.4, -0.2) is 9.38 Å². The Hall–Kier alpha value is -2.60. The molecule has 0 aliphatic carbocycles. The van der Waals surface area contributed by atoms with Crippen molar-refractivity contribution < 1.29 is 0 Å². The van der Waals surface area contributed by atoms with E-state index in [1.807, 2.05) is 28.8 Å². The zero-order valence-electron chi connectivity index (χ0n) is 11.4. The largest absolute Gasteiger partial charge is 0.291 e. The van der Waals surface area contributed by atoms with Gasteiger partial charge in [0.25, 0.3) is 0 Å². The quantitative estimate of drug-likeness (QED) is 0.725. The summed E-state index contributed by atoms with van der Waals surface area (Å²) in [7, 11) is 0. The molecule has 3 aromatic rings. The van der Waals surface area contributed by atoms with Gasteiger partial charge in [-0.25, -0.2) is 4.98 Å². The molecule has 0 spiro atoms. The first-order chi connectivity index (χ1) is 9.81. The zero-order valence-corrected chi connectivity index (χ0v) is 11.4. The predicted octanol–water partition coefficient (Wildman–Crippen LogP) is 3.36. The Morgan fingerprint density at radius 3 is 2.55 bits per heavy atom. The minimum absolute atomic E-state index is 0.625. The number of fused-ring (bicyclic) bond motifs is 1. The summed E-state index contributed by atoms with van der Waals surface area (Å²) < 4.78 is 1.84. The van der Waals surface area contributed by atoms with E-state index in [9.17, 15) is 5.26 Å². The third kappa shape index (κ3) is 2.17. The molecule has 0 N–H and O–H groups in total. The summed E-state index contributed by atoms with van der Waals surface area (Å²) in [6, 6.07) is 16.5. The monoisotopic (exact) mass is 261 g/mol. The molecule has 2 aromatic heterocycles. The molecule has 0 bridgehead atoms. The second kappa shape index (κ2) is 5.18. The van der Waals surface area contributed by atoms with Crippen LogP contribution in [0.4, 0.5) is 0 Å². The van der Waals surface area contributed by atoms with E-state index in [1.54, 1.807) is 0 Å². The lowest BCUT2D eigenvalue weighted by atomic mass is 10.1. The van der Waals surface area contributed by atoms with E-state index in [4.69, 9.17) is 0 Å². The summed E-state index contributed by atoms with van der Waals surface area (Å²) in [5.74, 6) is 0. The van der Waals surface area contributed by atoms with Gasteiger partial charge in [0.1, 0.15) is 17.4 Å². The highest BCUT2D eigenvalue weighted by Gasteiger charge is 2.11. The molecule has 3 nitrogen and oxygen atoms in total. The molecule has 0 fully saturated rings. The molecule has 0 radical (unpaired) electrons. The lowest BCUT2D eigenvalue weighted by molar-refractivity contribution is 1.07. The Morgan fingerprint density at radius 1 is 1.10 bits per heavy atom. The van der Waals surface area contributed by atoms with E-state index in [0.717, 1.165) is 17.8 Å². The summed E-state index contributed by atoms with van der Waals surface area (Å²) in [5.41, 5.74) is 4.79. The van der Waals surface area contributed by atoms with Crippen LogP contribution in [0, 0.1) is 11.3 Å². The highest BCUT2D eigenvalue weighted by atomic mass is 15.0. The molecule has 20 heavy (non-hydrogen) atoms. The highest BCUT2D eigenvalue weighted by molar-refractivity contribution is 5.48. The average molecular weight is 261 g/mol. The number of hydrogen-bond acceptors (Lipinski definition) is 2. The molecule has 3 heteroatoms. The van der Waals surface area contributed by atoms with Crippen LogP contribution in [0.25, 0.3) is 5.65 Å². The molecule has 0 aliphatic heterocycles. The Bertz CT molecular complexity index is 776. The maximum absolute atomic E-state index is 9.35. The third-order valence-corrected chi connectivity index (χ3v) is 3.51. The molecule has 3 rings (SSSR count). The van der Waals surface area contributed by atoms with Gasteiger partial charge in [0.05, 0.1) is 5.69 Å². The number of nitriles is 1. The van der Waals surface area contributed by atoms with Gasteiger partial charge >= 0.3 is 0 Å². The van der Waals surface area contributed by atoms with E-state index >= 15 is 0 Å². The lowest BCUT2D eigenvalue weighted by Crippen LogP contribution is -1.94. The number of imidazole rings is 1. The molecule has 0 amide bonds. The third-order valence-electron chi connectivity index (χ3n) is 3.51. The van der Waals surface area contributed by atoms with Crippen molar-refractivity contribution in [3.63, 3.8) is 0 Å². The van der Waals surface area contributed by atoms with Crippen LogP contribution < -0.4 is 0 Å². The Labute approximate surface area is 118 Å². The second-order valence-electron chi connectivity index (χ2n) is 4.79. The molecular formula is C17H15N3. The van der Waals surface area contributed by atoms with Crippen LogP contribution in [0.2, 0.25) is 0 Å². The van der Waals surface area contributed by atoms with E-state index in [1.165, 1.54) is 11.1 Å². The SMILES string of the molecule is CCc1ccc(Cc2nc3ccccn3c2C#N)cc1. The lowest BCUT2D eigenvalue weighted by Gasteiger charge is -2.01. The summed E-state index contributed by atoms with van der Waals surface area (Å²) in [4.78, 5) is 4.56. The number of aryl methyl sites for hydroxylation is 1. The van der Waals surface area contributed by atoms with Crippen molar-refractivity contribution in [2.24, 2.45) is 0 Å². The first-order valence-electron chi connectivity index (χ1n) is 6.75. The number of hydrogen-bond donors (Lipinski definition) is 0. The van der Waals surface area contributed by atoms with Crippen LogP contribution in [-0.2, 0) is 12.8 Å². The van der Waals surface area contributed by atoms with Crippen LogP contribution in [0.3, 0.4) is 0 Å². The Balaban J connectivity index is 1.99. The molecule has 0 saturated heterocycles. The van der Waals surface area contributed by atoms with Crippen LogP contribution >= 0.6 is 0 Å². The molecule has 1 aromatic carbocycles. The van der Waals surface area contributed by atoms with Gasteiger partial charge in [-0.3, -0.25) is 4.40 Å². The normalized spacial score (nSPS) is 10.6. The van der Waals surface area contributed by atoms with E-state index in [-0.39, 0.29) is 0 Å². The smallest absolute Gasteiger partial charge is 0.148 e. The number of aromatic nitrogens is 2.